The monoisotopic (exact) mass is 374 g/mol. The molecule has 0 saturated heterocycles. The number of hydrogen-bond donors (Lipinski definition) is 2. The lowest BCUT2D eigenvalue weighted by molar-refractivity contribution is 0.174. The molecule has 0 aromatic carbocycles. The van der Waals surface area contributed by atoms with Crippen LogP contribution in [-0.4, -0.2) is 52.3 Å². The van der Waals surface area contributed by atoms with Gasteiger partial charge in [-0.3, -0.25) is 0 Å². The van der Waals surface area contributed by atoms with Crippen LogP contribution in [0.3, 0.4) is 0 Å². The molecule has 0 unspecified atom stereocenters. The fourth-order valence-electron chi connectivity index (χ4n) is 4.75. The van der Waals surface area contributed by atoms with Gasteiger partial charge in [0.05, 0.1) is 11.5 Å². The highest BCUT2D eigenvalue weighted by Gasteiger charge is 2.31. The summed E-state index contributed by atoms with van der Waals surface area (Å²) in [4.78, 5) is 14.1. The van der Waals surface area contributed by atoms with Crippen molar-refractivity contribution in [3.8, 4) is 0 Å². The highest BCUT2D eigenvalue weighted by atomic mass is 32.1. The van der Waals surface area contributed by atoms with Gasteiger partial charge >= 0.3 is 0 Å². The Morgan fingerprint density at radius 3 is 2.69 bits per heavy atom. The smallest absolute Gasteiger partial charge is 0.138 e. The minimum absolute atomic E-state index is 0.261. The molecule has 2 aromatic rings. The number of nitrogens with zero attached hydrogens (tertiary/aromatic N) is 3. The van der Waals surface area contributed by atoms with E-state index in [4.69, 9.17) is 0 Å². The quantitative estimate of drug-likeness (QED) is 0.834. The Morgan fingerprint density at radius 1 is 1.23 bits per heavy atom. The standard InChI is InChI=1S/C20H30N4OS/c1-12(25)10-13-4-9-16-17(13)18-19(21-11-22-20(18)26-16)23-14-5-7-15(8-6-14)24(2)3/h11-15,25H,4-10H2,1-3H3,(H,21,22,23)/t12-,13+,14-,15-/m0/s1. The van der Waals surface area contributed by atoms with Crippen molar-refractivity contribution in [2.24, 2.45) is 0 Å². The van der Waals surface area contributed by atoms with Crippen molar-refractivity contribution in [3.63, 3.8) is 0 Å². The Bertz CT molecular complexity index is 765. The number of aliphatic hydroxyl groups is 1. The van der Waals surface area contributed by atoms with E-state index >= 15 is 0 Å². The zero-order valence-corrected chi connectivity index (χ0v) is 16.9. The third-order valence-electron chi connectivity index (χ3n) is 6.12. The van der Waals surface area contributed by atoms with Crippen LogP contribution in [0.4, 0.5) is 5.82 Å². The van der Waals surface area contributed by atoms with Crippen LogP contribution in [0, 0.1) is 0 Å². The first-order valence-electron chi connectivity index (χ1n) is 9.90. The van der Waals surface area contributed by atoms with Crippen LogP contribution in [-0.2, 0) is 6.42 Å². The van der Waals surface area contributed by atoms with Crippen molar-refractivity contribution in [2.45, 2.75) is 76.0 Å². The van der Waals surface area contributed by atoms with Crippen LogP contribution in [0.15, 0.2) is 6.33 Å². The lowest BCUT2D eigenvalue weighted by Gasteiger charge is -2.33. The number of aryl methyl sites for hydroxylation is 1. The SMILES string of the molecule is C[C@H](O)C[C@H]1CCc2sc3ncnc(N[C@H]4CC[C@H](N(C)C)CC4)c3c21. The van der Waals surface area contributed by atoms with Crippen molar-refractivity contribution in [1.29, 1.82) is 0 Å². The van der Waals surface area contributed by atoms with Crippen LogP contribution in [0.2, 0.25) is 0 Å². The first-order chi connectivity index (χ1) is 12.5. The zero-order valence-electron chi connectivity index (χ0n) is 16.0. The van der Waals surface area contributed by atoms with E-state index in [0.29, 0.717) is 18.0 Å². The second-order valence-electron chi connectivity index (χ2n) is 8.28. The van der Waals surface area contributed by atoms with Crippen LogP contribution in [0.1, 0.15) is 61.8 Å². The first-order valence-corrected chi connectivity index (χ1v) is 10.7. The molecule has 2 aliphatic carbocycles. The Morgan fingerprint density at radius 2 is 2.00 bits per heavy atom. The fraction of sp³-hybridized carbons (Fsp3) is 0.700. The Hall–Kier alpha value is -1.24. The zero-order chi connectivity index (χ0) is 18.3. The molecule has 5 nitrogen and oxygen atoms in total. The molecule has 26 heavy (non-hydrogen) atoms. The number of aromatic nitrogens is 2. The van der Waals surface area contributed by atoms with Crippen molar-refractivity contribution in [1.82, 2.24) is 14.9 Å². The Kier molecular flexibility index (Phi) is 5.17. The predicted octanol–water partition coefficient (Wildman–Crippen LogP) is 3.78. The van der Waals surface area contributed by atoms with Crippen LogP contribution >= 0.6 is 11.3 Å². The lowest BCUT2D eigenvalue weighted by Crippen LogP contribution is -2.36. The summed E-state index contributed by atoms with van der Waals surface area (Å²) in [6.07, 6.45) is 9.40. The highest BCUT2D eigenvalue weighted by molar-refractivity contribution is 7.19. The first kappa shape index (κ1) is 18.1. The van der Waals surface area contributed by atoms with E-state index in [1.807, 2.05) is 18.3 Å². The van der Waals surface area contributed by atoms with E-state index in [0.717, 1.165) is 29.9 Å². The minimum atomic E-state index is -0.261. The molecule has 0 aliphatic heterocycles. The molecule has 2 heterocycles. The van der Waals surface area contributed by atoms with Crippen molar-refractivity contribution in [2.75, 3.05) is 19.4 Å². The molecule has 6 heteroatoms. The Balaban J connectivity index is 1.58. The van der Waals surface area contributed by atoms with Crippen LogP contribution in [0.5, 0.6) is 0 Å². The maximum absolute atomic E-state index is 9.90. The molecule has 2 aromatic heterocycles. The molecule has 1 fully saturated rings. The summed E-state index contributed by atoms with van der Waals surface area (Å²) in [5.41, 5.74) is 1.41. The number of anilines is 1. The summed E-state index contributed by atoms with van der Waals surface area (Å²) in [7, 11) is 4.37. The molecule has 0 amide bonds. The van der Waals surface area contributed by atoms with Crippen molar-refractivity contribution >= 4 is 27.4 Å². The molecule has 142 valence electrons. The Labute approximate surface area is 159 Å². The second kappa shape index (κ2) is 7.41. The summed E-state index contributed by atoms with van der Waals surface area (Å²) < 4.78 is 0. The van der Waals surface area contributed by atoms with Gasteiger partial charge in [0.15, 0.2) is 0 Å². The third-order valence-corrected chi connectivity index (χ3v) is 7.30. The van der Waals surface area contributed by atoms with E-state index in [1.165, 1.54) is 41.5 Å². The molecule has 0 spiro atoms. The minimum Gasteiger partial charge on any atom is -0.393 e. The number of aliphatic hydroxyl groups excluding tert-OH is 1. The van der Waals surface area contributed by atoms with E-state index in [2.05, 4.69) is 34.3 Å². The molecule has 4 rings (SSSR count). The van der Waals surface area contributed by atoms with Gasteiger partial charge < -0.3 is 15.3 Å². The fourth-order valence-corrected chi connectivity index (χ4v) is 6.00. The van der Waals surface area contributed by atoms with Gasteiger partial charge in [-0.2, -0.15) is 0 Å². The summed E-state index contributed by atoms with van der Waals surface area (Å²) in [5.74, 6) is 1.45. The van der Waals surface area contributed by atoms with E-state index in [-0.39, 0.29) is 6.10 Å². The maximum Gasteiger partial charge on any atom is 0.138 e. The van der Waals surface area contributed by atoms with Gasteiger partial charge in [-0.05, 0) is 77.4 Å². The lowest BCUT2D eigenvalue weighted by atomic mass is 9.90. The molecule has 2 atom stereocenters. The number of nitrogens with one attached hydrogen (secondary N) is 1. The predicted molar refractivity (Wildman–Crippen MR) is 108 cm³/mol. The van der Waals surface area contributed by atoms with Gasteiger partial charge in [0, 0.05) is 17.0 Å². The second-order valence-corrected chi connectivity index (χ2v) is 9.36. The van der Waals surface area contributed by atoms with Crippen LogP contribution < -0.4 is 5.32 Å². The van der Waals surface area contributed by atoms with E-state index in [1.54, 1.807) is 6.33 Å². The highest BCUT2D eigenvalue weighted by Crippen LogP contribution is 2.47. The van der Waals surface area contributed by atoms with Gasteiger partial charge in [-0.25, -0.2) is 9.97 Å². The van der Waals surface area contributed by atoms with Gasteiger partial charge in [-0.1, -0.05) is 0 Å². The summed E-state index contributed by atoms with van der Waals surface area (Å²) in [6.45, 7) is 1.89. The number of hydrogen-bond acceptors (Lipinski definition) is 6. The normalized spacial score (nSPS) is 27.0. The maximum atomic E-state index is 9.90. The molecule has 0 radical (unpaired) electrons. The summed E-state index contributed by atoms with van der Waals surface area (Å²) in [5, 5.41) is 14.9. The molecule has 1 saturated carbocycles. The number of thiophene rings is 1. The molecule has 2 N–H and O–H groups in total. The van der Waals surface area contributed by atoms with Gasteiger partial charge in [-0.15, -0.1) is 11.3 Å². The van der Waals surface area contributed by atoms with Gasteiger partial charge in [0.25, 0.3) is 0 Å². The largest absolute Gasteiger partial charge is 0.393 e. The summed E-state index contributed by atoms with van der Waals surface area (Å²) >= 11 is 1.82. The molecule has 0 bridgehead atoms. The molecular formula is C20H30N4OS. The average Bonchev–Trinajstić information content (AvgIpc) is 3.15. The van der Waals surface area contributed by atoms with Gasteiger partial charge in [0.2, 0.25) is 0 Å². The van der Waals surface area contributed by atoms with E-state index < -0.39 is 0 Å². The number of rotatable bonds is 5. The van der Waals surface area contributed by atoms with Crippen molar-refractivity contribution in [3.05, 3.63) is 16.8 Å². The molecule has 2 aliphatic rings. The van der Waals surface area contributed by atoms with E-state index in [9.17, 15) is 5.11 Å². The summed E-state index contributed by atoms with van der Waals surface area (Å²) in [6, 6.07) is 1.20. The van der Waals surface area contributed by atoms with Gasteiger partial charge in [0.1, 0.15) is 17.0 Å². The third kappa shape index (κ3) is 3.47. The topological polar surface area (TPSA) is 61.3 Å². The molecular weight excluding hydrogens is 344 g/mol. The van der Waals surface area contributed by atoms with Crippen molar-refractivity contribution < 1.29 is 5.11 Å². The average molecular weight is 375 g/mol. The van der Waals surface area contributed by atoms with Crippen LogP contribution in [0.25, 0.3) is 10.2 Å². The number of fused-ring (bicyclic) bond motifs is 3.